The SMILES string of the molecule is OC[C@@H]1O[C@H](n2ccc3c2ncn2nnnc32)[C@@H](O)[C@@H]1O. The van der Waals surface area contributed by atoms with Gasteiger partial charge in [0.05, 0.1) is 12.0 Å². The molecule has 3 N–H and O–H groups in total. The van der Waals surface area contributed by atoms with Crippen LogP contribution < -0.4 is 0 Å². The first-order valence-electron chi connectivity index (χ1n) is 6.36. The van der Waals surface area contributed by atoms with E-state index < -0.39 is 24.5 Å². The molecule has 3 aromatic rings. The van der Waals surface area contributed by atoms with Gasteiger partial charge in [0, 0.05) is 6.20 Å². The Morgan fingerprint density at radius 1 is 1.24 bits per heavy atom. The van der Waals surface area contributed by atoms with Gasteiger partial charge in [-0.1, -0.05) is 0 Å². The second-order valence-electron chi connectivity index (χ2n) is 4.88. The smallest absolute Gasteiger partial charge is 0.192 e. The molecule has 0 amide bonds. The summed E-state index contributed by atoms with van der Waals surface area (Å²) in [6.07, 6.45) is -0.855. The van der Waals surface area contributed by atoms with E-state index in [0.29, 0.717) is 16.7 Å². The minimum absolute atomic E-state index is 0.375. The van der Waals surface area contributed by atoms with E-state index in [0.717, 1.165) is 0 Å². The number of nitrogens with zero attached hydrogens (tertiary/aromatic N) is 6. The Morgan fingerprint density at radius 2 is 2.10 bits per heavy atom. The maximum absolute atomic E-state index is 10.1. The molecule has 0 unspecified atom stereocenters. The number of aliphatic hydroxyl groups excluding tert-OH is 3. The van der Waals surface area contributed by atoms with Gasteiger partial charge in [-0.05, 0) is 16.5 Å². The zero-order valence-electron chi connectivity index (χ0n) is 10.7. The quantitative estimate of drug-likeness (QED) is 0.498. The lowest BCUT2D eigenvalue weighted by atomic mass is 10.1. The lowest BCUT2D eigenvalue weighted by Gasteiger charge is -2.17. The van der Waals surface area contributed by atoms with E-state index in [9.17, 15) is 10.2 Å². The third-order valence-electron chi connectivity index (χ3n) is 3.70. The summed E-state index contributed by atoms with van der Waals surface area (Å²) in [7, 11) is 0. The van der Waals surface area contributed by atoms with Crippen LogP contribution in [-0.2, 0) is 4.74 Å². The van der Waals surface area contributed by atoms with Crippen LogP contribution in [0.2, 0.25) is 0 Å². The number of rotatable bonds is 2. The number of fused-ring (bicyclic) bond motifs is 3. The highest BCUT2D eigenvalue weighted by atomic mass is 16.6. The lowest BCUT2D eigenvalue weighted by Crippen LogP contribution is -2.33. The molecule has 0 saturated carbocycles. The number of aromatic nitrogens is 6. The van der Waals surface area contributed by atoms with Gasteiger partial charge >= 0.3 is 0 Å². The van der Waals surface area contributed by atoms with Crippen molar-refractivity contribution < 1.29 is 20.1 Å². The molecule has 0 aliphatic carbocycles. The Morgan fingerprint density at radius 3 is 2.86 bits per heavy atom. The highest BCUT2D eigenvalue weighted by molar-refractivity contribution is 5.89. The van der Waals surface area contributed by atoms with Crippen molar-refractivity contribution in [2.75, 3.05) is 6.61 Å². The van der Waals surface area contributed by atoms with E-state index in [4.69, 9.17) is 9.84 Å². The first-order chi connectivity index (χ1) is 10.2. The molecule has 0 aromatic carbocycles. The van der Waals surface area contributed by atoms with Gasteiger partial charge in [-0.3, -0.25) is 0 Å². The van der Waals surface area contributed by atoms with Crippen LogP contribution in [0.4, 0.5) is 0 Å². The zero-order chi connectivity index (χ0) is 14.6. The second-order valence-corrected chi connectivity index (χ2v) is 4.88. The van der Waals surface area contributed by atoms with Gasteiger partial charge in [0.2, 0.25) is 0 Å². The molecule has 4 rings (SSSR count). The van der Waals surface area contributed by atoms with Crippen molar-refractivity contribution in [3.63, 3.8) is 0 Å². The summed E-state index contributed by atoms with van der Waals surface area (Å²) < 4.78 is 8.52. The Hall–Kier alpha value is -2.14. The van der Waals surface area contributed by atoms with Gasteiger partial charge in [-0.25, -0.2) is 4.98 Å². The molecule has 0 spiro atoms. The lowest BCUT2D eigenvalue weighted by molar-refractivity contribution is -0.0508. The fourth-order valence-corrected chi connectivity index (χ4v) is 2.62. The minimum Gasteiger partial charge on any atom is -0.394 e. The number of tetrazole rings is 1. The van der Waals surface area contributed by atoms with E-state index >= 15 is 0 Å². The summed E-state index contributed by atoms with van der Waals surface area (Å²) in [5.41, 5.74) is 1.05. The molecule has 1 fully saturated rings. The maximum Gasteiger partial charge on any atom is 0.192 e. The molecular formula is C11H12N6O4. The largest absolute Gasteiger partial charge is 0.394 e. The number of aliphatic hydroxyl groups is 3. The van der Waals surface area contributed by atoms with Crippen LogP contribution in [0, 0.1) is 0 Å². The van der Waals surface area contributed by atoms with Gasteiger partial charge in [0.15, 0.2) is 11.9 Å². The van der Waals surface area contributed by atoms with Crippen LogP contribution in [0.25, 0.3) is 16.7 Å². The average molecular weight is 292 g/mol. The van der Waals surface area contributed by atoms with Crippen LogP contribution in [-0.4, -0.2) is 69.8 Å². The van der Waals surface area contributed by atoms with Crippen LogP contribution in [0.1, 0.15) is 6.23 Å². The summed E-state index contributed by atoms with van der Waals surface area (Å²) in [5.74, 6) is 0. The first kappa shape index (κ1) is 12.6. The molecule has 110 valence electrons. The minimum atomic E-state index is -1.16. The van der Waals surface area contributed by atoms with Crippen molar-refractivity contribution in [3.8, 4) is 0 Å². The monoisotopic (exact) mass is 292 g/mol. The number of hydrogen-bond acceptors (Lipinski definition) is 8. The molecule has 10 heteroatoms. The van der Waals surface area contributed by atoms with Gasteiger partial charge < -0.3 is 24.6 Å². The predicted octanol–water partition coefficient (Wildman–Crippen LogP) is -1.91. The molecule has 4 atom stereocenters. The molecule has 21 heavy (non-hydrogen) atoms. The second kappa shape index (κ2) is 4.43. The van der Waals surface area contributed by atoms with E-state index in [2.05, 4.69) is 20.5 Å². The Balaban J connectivity index is 1.84. The van der Waals surface area contributed by atoms with Gasteiger partial charge in [0.25, 0.3) is 0 Å². The summed E-state index contributed by atoms with van der Waals surface area (Å²) in [4.78, 5) is 4.24. The number of hydrogen-bond donors (Lipinski definition) is 3. The summed E-state index contributed by atoms with van der Waals surface area (Å²) in [6.45, 7) is -0.375. The van der Waals surface area contributed by atoms with Crippen LogP contribution >= 0.6 is 0 Å². The predicted molar refractivity (Wildman–Crippen MR) is 67.1 cm³/mol. The molecule has 3 aromatic heterocycles. The molecule has 1 aliphatic heterocycles. The van der Waals surface area contributed by atoms with Gasteiger partial charge in [-0.2, -0.15) is 4.52 Å². The molecule has 0 radical (unpaired) electrons. The molecule has 1 aliphatic rings. The topological polar surface area (TPSA) is 131 Å². The third-order valence-corrected chi connectivity index (χ3v) is 3.70. The van der Waals surface area contributed by atoms with Crippen molar-refractivity contribution in [2.24, 2.45) is 0 Å². The highest BCUT2D eigenvalue weighted by Gasteiger charge is 2.43. The molecular weight excluding hydrogens is 280 g/mol. The van der Waals surface area contributed by atoms with E-state index in [1.54, 1.807) is 16.8 Å². The summed E-state index contributed by atoms with van der Waals surface area (Å²) >= 11 is 0. The van der Waals surface area contributed by atoms with Crippen molar-refractivity contribution in [2.45, 2.75) is 24.5 Å². The maximum atomic E-state index is 10.1. The van der Waals surface area contributed by atoms with E-state index in [1.165, 1.54) is 10.8 Å². The van der Waals surface area contributed by atoms with E-state index in [-0.39, 0.29) is 6.61 Å². The Labute approximate surface area is 117 Å². The van der Waals surface area contributed by atoms with Crippen LogP contribution in [0.5, 0.6) is 0 Å². The number of ether oxygens (including phenoxy) is 1. The molecule has 10 nitrogen and oxygen atoms in total. The van der Waals surface area contributed by atoms with Gasteiger partial charge in [-0.15, -0.1) is 5.10 Å². The fourth-order valence-electron chi connectivity index (χ4n) is 2.62. The molecule has 1 saturated heterocycles. The Kier molecular flexibility index (Phi) is 2.65. The summed E-state index contributed by atoms with van der Waals surface area (Å²) in [5, 5.41) is 41.0. The molecule has 0 bridgehead atoms. The third kappa shape index (κ3) is 1.67. The first-order valence-corrected chi connectivity index (χ1v) is 6.36. The Bertz CT molecular complexity index is 800. The van der Waals surface area contributed by atoms with Crippen molar-refractivity contribution in [1.29, 1.82) is 0 Å². The van der Waals surface area contributed by atoms with Crippen LogP contribution in [0.15, 0.2) is 18.6 Å². The molecule has 4 heterocycles. The van der Waals surface area contributed by atoms with Crippen molar-refractivity contribution in [1.82, 2.24) is 29.6 Å². The van der Waals surface area contributed by atoms with Crippen molar-refractivity contribution >= 4 is 16.7 Å². The van der Waals surface area contributed by atoms with Crippen LogP contribution in [0.3, 0.4) is 0 Å². The van der Waals surface area contributed by atoms with Gasteiger partial charge in [0.1, 0.15) is 30.3 Å². The zero-order valence-corrected chi connectivity index (χ0v) is 10.7. The highest BCUT2D eigenvalue weighted by Crippen LogP contribution is 2.32. The average Bonchev–Trinajstić information content (AvgIpc) is 3.17. The van der Waals surface area contributed by atoms with Crippen molar-refractivity contribution in [3.05, 3.63) is 18.6 Å². The standard InChI is InChI=1S/C11H12N6O4/c18-3-6-7(19)8(20)11(21-6)16-2-1-5-9(16)12-4-17-10(5)13-14-15-17/h1-2,4,6-8,11,18-20H,3H2/t6-,7+,8-,11-/m0/s1. The summed E-state index contributed by atoms with van der Waals surface area (Å²) in [6, 6.07) is 1.75. The fraction of sp³-hybridized carbons (Fsp3) is 0.455. The normalized spacial score (nSPS) is 29.7. The van der Waals surface area contributed by atoms with E-state index in [1.807, 2.05) is 0 Å².